The van der Waals surface area contributed by atoms with Crippen LogP contribution in [0.5, 0.6) is 0 Å². The number of aliphatic imine (C=N–C) groups is 1. The van der Waals surface area contributed by atoms with Gasteiger partial charge in [0.25, 0.3) is 10.2 Å². The number of hydroxylamine groups is 1. The minimum Gasteiger partial charge on any atom is -0.363 e. The number of hydrogen-bond donors (Lipinski definition) is 5. The van der Waals surface area contributed by atoms with E-state index in [4.69, 9.17) is 10.9 Å². The molecule has 0 spiro atoms. The molecule has 12 nitrogen and oxygen atoms in total. The molecule has 2 aromatic rings. The van der Waals surface area contributed by atoms with E-state index in [2.05, 4.69) is 41.2 Å². The zero-order chi connectivity index (χ0) is 20.5. The maximum absolute atomic E-state index is 13.3. The summed E-state index contributed by atoms with van der Waals surface area (Å²) in [6.45, 7) is 0.186. The Balaban J connectivity index is 1.73. The molecule has 15 heteroatoms. The standard InChI is InChI=1S/C13H16BrFN8O4S/c14-8-3-7(1-2-9(8)15)19-12(20-24)10-11(22-27-21-10)18-4-13(16)5-23(6-13)28(17,25)26/h1-3,24H,4-6,16H2,(H,18,22)(H,19,20)(H2,17,25,26). The van der Waals surface area contributed by atoms with Gasteiger partial charge in [-0.1, -0.05) is 0 Å². The molecule has 0 amide bonds. The molecular weight excluding hydrogens is 463 g/mol. The number of hydrogen-bond acceptors (Lipinski definition) is 9. The SMILES string of the molecule is NC1(CNc2nonc2C(=Nc2ccc(F)c(Br)c2)NO)CN(S(N)(=O)=O)C1. The van der Waals surface area contributed by atoms with Crippen LogP contribution in [0.4, 0.5) is 15.9 Å². The van der Waals surface area contributed by atoms with Crippen molar-refractivity contribution in [3.63, 3.8) is 0 Å². The second-order valence-electron chi connectivity index (χ2n) is 6.16. The normalized spacial score (nSPS) is 17.2. The van der Waals surface area contributed by atoms with E-state index in [1.165, 1.54) is 18.2 Å². The number of nitrogens with zero attached hydrogens (tertiary/aromatic N) is 4. The zero-order valence-electron chi connectivity index (χ0n) is 14.1. The average Bonchev–Trinajstić information content (AvgIpc) is 3.06. The summed E-state index contributed by atoms with van der Waals surface area (Å²) >= 11 is 3.05. The molecule has 0 bridgehead atoms. The fourth-order valence-corrected chi connectivity index (χ4v) is 3.72. The number of rotatable bonds is 6. The van der Waals surface area contributed by atoms with Gasteiger partial charge in [-0.15, -0.1) is 0 Å². The van der Waals surface area contributed by atoms with Gasteiger partial charge in [0, 0.05) is 19.6 Å². The highest BCUT2D eigenvalue weighted by Gasteiger charge is 2.44. The molecule has 1 saturated heterocycles. The van der Waals surface area contributed by atoms with Crippen LogP contribution in [0.25, 0.3) is 0 Å². The molecule has 0 unspecified atom stereocenters. The van der Waals surface area contributed by atoms with E-state index in [1.807, 2.05) is 5.48 Å². The van der Waals surface area contributed by atoms with Gasteiger partial charge in [-0.3, -0.25) is 10.7 Å². The fraction of sp³-hybridized carbons (Fsp3) is 0.308. The van der Waals surface area contributed by atoms with E-state index in [1.54, 1.807) is 0 Å². The van der Waals surface area contributed by atoms with Crippen LogP contribution in [-0.4, -0.2) is 59.3 Å². The van der Waals surface area contributed by atoms with Gasteiger partial charge in [-0.05, 0) is 44.4 Å². The second kappa shape index (κ2) is 7.69. The summed E-state index contributed by atoms with van der Waals surface area (Å²) in [5.41, 5.74) is 7.45. The van der Waals surface area contributed by atoms with E-state index in [0.29, 0.717) is 5.69 Å². The van der Waals surface area contributed by atoms with Crippen LogP contribution in [-0.2, 0) is 10.2 Å². The highest BCUT2D eigenvalue weighted by atomic mass is 79.9. The van der Waals surface area contributed by atoms with E-state index in [9.17, 15) is 18.0 Å². The third kappa shape index (κ3) is 4.45. The first kappa shape index (κ1) is 20.6. The van der Waals surface area contributed by atoms with Crippen molar-refractivity contribution in [2.45, 2.75) is 5.54 Å². The van der Waals surface area contributed by atoms with Crippen LogP contribution in [0.1, 0.15) is 5.69 Å². The van der Waals surface area contributed by atoms with Gasteiger partial charge in [-0.25, -0.2) is 19.2 Å². The first-order valence-electron chi connectivity index (χ1n) is 7.69. The summed E-state index contributed by atoms with van der Waals surface area (Å²) in [7, 11) is -3.79. The van der Waals surface area contributed by atoms with E-state index in [0.717, 1.165) is 4.31 Å². The molecule has 28 heavy (non-hydrogen) atoms. The highest BCUT2D eigenvalue weighted by Crippen LogP contribution is 2.24. The Morgan fingerprint density at radius 1 is 1.46 bits per heavy atom. The molecule has 0 radical (unpaired) electrons. The number of amidine groups is 1. The summed E-state index contributed by atoms with van der Waals surface area (Å²) in [6.07, 6.45) is 0. The number of nitrogens with two attached hydrogens (primary N) is 2. The molecular formula is C13H16BrFN8O4S. The lowest BCUT2D eigenvalue weighted by atomic mass is 9.94. The van der Waals surface area contributed by atoms with E-state index < -0.39 is 21.6 Å². The summed E-state index contributed by atoms with van der Waals surface area (Å²) in [5.74, 6) is -0.473. The lowest BCUT2D eigenvalue weighted by Gasteiger charge is -2.45. The fourth-order valence-electron chi connectivity index (χ4n) is 2.48. The lowest BCUT2D eigenvalue weighted by Crippen LogP contribution is -2.72. The van der Waals surface area contributed by atoms with Crippen LogP contribution in [0, 0.1) is 5.82 Å². The maximum Gasteiger partial charge on any atom is 0.277 e. The predicted octanol–water partition coefficient (Wildman–Crippen LogP) is -0.343. The van der Waals surface area contributed by atoms with Crippen molar-refractivity contribution in [2.75, 3.05) is 25.0 Å². The molecule has 152 valence electrons. The van der Waals surface area contributed by atoms with Gasteiger partial charge < -0.3 is 11.1 Å². The summed E-state index contributed by atoms with van der Waals surface area (Å²) in [4.78, 5) is 4.13. The molecule has 7 N–H and O–H groups in total. The summed E-state index contributed by atoms with van der Waals surface area (Å²) in [6, 6.07) is 3.99. The third-order valence-electron chi connectivity index (χ3n) is 3.91. The molecule has 0 saturated carbocycles. The molecule has 0 aliphatic carbocycles. The van der Waals surface area contributed by atoms with E-state index in [-0.39, 0.29) is 41.5 Å². The largest absolute Gasteiger partial charge is 0.363 e. The Hall–Kier alpha value is -2.17. The molecule has 2 heterocycles. The van der Waals surface area contributed by atoms with Crippen molar-refractivity contribution >= 4 is 43.5 Å². The Labute approximate surface area is 167 Å². The summed E-state index contributed by atoms with van der Waals surface area (Å²) in [5, 5.41) is 24.7. The molecule has 0 atom stereocenters. The Kier molecular flexibility index (Phi) is 5.64. The smallest absolute Gasteiger partial charge is 0.277 e. The lowest BCUT2D eigenvalue weighted by molar-refractivity contribution is 0.169. The monoisotopic (exact) mass is 478 g/mol. The zero-order valence-corrected chi connectivity index (χ0v) is 16.5. The van der Waals surface area contributed by atoms with Crippen molar-refractivity contribution < 1.29 is 22.6 Å². The van der Waals surface area contributed by atoms with Gasteiger partial charge in [0.05, 0.1) is 15.7 Å². The van der Waals surface area contributed by atoms with E-state index >= 15 is 0 Å². The number of anilines is 1. The second-order valence-corrected chi connectivity index (χ2v) is 8.56. The van der Waals surface area contributed by atoms with Crippen LogP contribution in [0.3, 0.4) is 0 Å². The Morgan fingerprint density at radius 3 is 2.79 bits per heavy atom. The molecule has 1 aliphatic heterocycles. The first-order valence-corrected chi connectivity index (χ1v) is 9.98. The van der Waals surface area contributed by atoms with Gasteiger partial charge in [0.1, 0.15) is 5.82 Å². The minimum atomic E-state index is -3.79. The number of nitrogens with one attached hydrogen (secondary N) is 2. The van der Waals surface area contributed by atoms with Gasteiger partial charge >= 0.3 is 0 Å². The van der Waals surface area contributed by atoms with Crippen LogP contribution < -0.4 is 21.7 Å². The molecule has 1 aromatic heterocycles. The molecule has 1 fully saturated rings. The Bertz CT molecular complexity index is 1010. The number of aromatic nitrogens is 2. The molecule has 3 rings (SSSR count). The quantitative estimate of drug-likeness (QED) is 0.210. The van der Waals surface area contributed by atoms with Crippen molar-refractivity contribution in [3.05, 3.63) is 34.2 Å². The van der Waals surface area contributed by atoms with Crippen molar-refractivity contribution in [1.29, 1.82) is 0 Å². The van der Waals surface area contributed by atoms with Crippen LogP contribution >= 0.6 is 15.9 Å². The maximum atomic E-state index is 13.3. The average molecular weight is 479 g/mol. The minimum absolute atomic E-state index is 0.0300. The molecule has 1 aromatic carbocycles. The van der Waals surface area contributed by atoms with Crippen molar-refractivity contribution in [1.82, 2.24) is 20.1 Å². The number of halogens is 2. The van der Waals surface area contributed by atoms with Crippen molar-refractivity contribution in [3.8, 4) is 0 Å². The number of benzene rings is 1. The third-order valence-corrected chi connectivity index (χ3v) is 5.50. The van der Waals surface area contributed by atoms with Gasteiger partial charge in [-0.2, -0.15) is 12.7 Å². The molecule has 1 aliphatic rings. The first-order chi connectivity index (χ1) is 13.1. The van der Waals surface area contributed by atoms with Gasteiger partial charge in [0.2, 0.25) is 5.82 Å². The predicted molar refractivity (Wildman–Crippen MR) is 99.6 cm³/mol. The topological polar surface area (TPSA) is 185 Å². The van der Waals surface area contributed by atoms with Crippen LogP contribution in [0.2, 0.25) is 0 Å². The van der Waals surface area contributed by atoms with Crippen molar-refractivity contribution in [2.24, 2.45) is 15.9 Å². The van der Waals surface area contributed by atoms with Crippen LogP contribution in [0.15, 0.2) is 32.3 Å². The summed E-state index contributed by atoms with van der Waals surface area (Å²) < 4.78 is 41.7. The highest BCUT2D eigenvalue weighted by molar-refractivity contribution is 9.10. The van der Waals surface area contributed by atoms with Gasteiger partial charge in [0.15, 0.2) is 11.5 Å². The Morgan fingerprint density at radius 2 is 2.18 bits per heavy atom.